The summed E-state index contributed by atoms with van der Waals surface area (Å²) in [6.45, 7) is 2.34. The first-order valence-electron chi connectivity index (χ1n) is 10.0. The monoisotopic (exact) mass is 465 g/mol. The van der Waals surface area contributed by atoms with Gasteiger partial charge < -0.3 is 9.73 Å². The molecule has 0 radical (unpaired) electrons. The molecule has 32 heavy (non-hydrogen) atoms. The number of rotatable bonds is 7. The van der Waals surface area contributed by atoms with Gasteiger partial charge in [0, 0.05) is 5.69 Å². The molecule has 0 aliphatic rings. The number of hydrogen-bond donors (Lipinski definition) is 1. The van der Waals surface area contributed by atoms with E-state index in [4.69, 9.17) is 4.42 Å². The van der Waals surface area contributed by atoms with Crippen molar-refractivity contribution in [2.45, 2.75) is 25.0 Å². The average molecular weight is 466 g/mol. The first-order chi connectivity index (χ1) is 15.6. The highest BCUT2D eigenvalue weighted by molar-refractivity contribution is 7.99. The molecular weight excluding hydrogens is 446 g/mol. The zero-order valence-corrected chi connectivity index (χ0v) is 18.8. The fraction of sp³-hybridized carbons (Fsp3) is 0.182. The van der Waals surface area contributed by atoms with Crippen molar-refractivity contribution < 1.29 is 9.21 Å². The third-order valence-corrected chi connectivity index (χ3v) is 6.88. The molecule has 5 rings (SSSR count). The summed E-state index contributed by atoms with van der Waals surface area (Å²) in [6.07, 6.45) is 2.52. The second kappa shape index (κ2) is 8.64. The number of furan rings is 1. The molecule has 1 N–H and O–H groups in total. The van der Waals surface area contributed by atoms with E-state index in [1.807, 2.05) is 46.2 Å². The van der Waals surface area contributed by atoms with Crippen LogP contribution in [-0.2, 0) is 17.8 Å². The minimum atomic E-state index is -0.142. The lowest BCUT2D eigenvalue weighted by atomic mass is 10.1. The molecule has 0 saturated carbocycles. The molecule has 5 aromatic rings. The van der Waals surface area contributed by atoms with E-state index >= 15 is 0 Å². The fourth-order valence-corrected chi connectivity index (χ4v) is 5.01. The maximum Gasteiger partial charge on any atom is 0.273 e. The molecule has 4 heterocycles. The van der Waals surface area contributed by atoms with Gasteiger partial charge in [0.2, 0.25) is 11.7 Å². The molecular formula is C22H19N5O3S2. The van der Waals surface area contributed by atoms with Crippen LogP contribution < -0.4 is 10.9 Å². The zero-order chi connectivity index (χ0) is 22.1. The Bertz CT molecular complexity index is 1450. The van der Waals surface area contributed by atoms with Crippen molar-refractivity contribution in [1.82, 2.24) is 19.2 Å². The van der Waals surface area contributed by atoms with E-state index in [-0.39, 0.29) is 23.8 Å². The highest BCUT2D eigenvalue weighted by Crippen LogP contribution is 2.25. The van der Waals surface area contributed by atoms with Gasteiger partial charge in [0.1, 0.15) is 10.5 Å². The lowest BCUT2D eigenvalue weighted by molar-refractivity contribution is -0.113. The second-order valence-corrected chi connectivity index (χ2v) is 8.97. The van der Waals surface area contributed by atoms with E-state index in [1.165, 1.54) is 28.7 Å². The van der Waals surface area contributed by atoms with Crippen LogP contribution >= 0.6 is 23.1 Å². The van der Waals surface area contributed by atoms with Gasteiger partial charge in [0.25, 0.3) is 5.56 Å². The largest absolute Gasteiger partial charge is 0.467 e. The molecule has 0 atom stereocenters. The molecule has 0 unspecified atom stereocenters. The Hall–Kier alpha value is -3.37. The van der Waals surface area contributed by atoms with Crippen LogP contribution in [-0.4, -0.2) is 30.8 Å². The van der Waals surface area contributed by atoms with Crippen molar-refractivity contribution in [2.75, 3.05) is 11.1 Å². The quantitative estimate of drug-likeness (QED) is 0.365. The van der Waals surface area contributed by atoms with Gasteiger partial charge in [-0.05, 0) is 47.7 Å². The van der Waals surface area contributed by atoms with Crippen molar-refractivity contribution in [3.8, 4) is 0 Å². The van der Waals surface area contributed by atoms with Crippen molar-refractivity contribution in [2.24, 2.45) is 0 Å². The molecule has 0 bridgehead atoms. The van der Waals surface area contributed by atoms with Crippen LogP contribution in [0, 0.1) is 0 Å². The number of nitrogens with zero attached hydrogens (tertiary/aromatic N) is 4. The van der Waals surface area contributed by atoms with Crippen LogP contribution in [0.5, 0.6) is 0 Å². The number of benzene rings is 1. The standard InChI is InChI=1S/C22H19N5O3S2/c1-2-14-5-7-15(8-6-14)23-18(28)13-32-22-25-24-21-26(12-16-4-3-10-30-16)20(29)19-17(27(21)22)9-11-31-19/h3-11H,2,12-13H2,1H3,(H,23,28). The molecule has 0 fully saturated rings. The maximum atomic E-state index is 13.0. The number of anilines is 1. The number of amides is 1. The molecule has 162 valence electrons. The highest BCUT2D eigenvalue weighted by Gasteiger charge is 2.19. The number of hydrogen-bond acceptors (Lipinski definition) is 7. The summed E-state index contributed by atoms with van der Waals surface area (Å²) >= 11 is 2.64. The SMILES string of the molecule is CCc1ccc(NC(=O)CSc2nnc3n(Cc4ccco4)c(=O)c4sccc4n23)cc1. The molecule has 0 spiro atoms. The topological polar surface area (TPSA) is 94.4 Å². The molecule has 0 aliphatic heterocycles. The zero-order valence-electron chi connectivity index (χ0n) is 17.1. The average Bonchev–Trinajstić information content (AvgIpc) is 3.56. The summed E-state index contributed by atoms with van der Waals surface area (Å²) in [5.41, 5.74) is 2.56. The minimum absolute atomic E-state index is 0.138. The van der Waals surface area contributed by atoms with Crippen molar-refractivity contribution in [1.29, 1.82) is 0 Å². The van der Waals surface area contributed by atoms with E-state index in [1.54, 1.807) is 16.9 Å². The Kier molecular flexibility index (Phi) is 5.54. The molecule has 0 aliphatic carbocycles. The Labute approximate surface area is 190 Å². The van der Waals surface area contributed by atoms with Gasteiger partial charge in [-0.3, -0.25) is 18.6 Å². The maximum absolute atomic E-state index is 13.0. The molecule has 0 saturated heterocycles. The number of fused-ring (bicyclic) bond motifs is 3. The van der Waals surface area contributed by atoms with Crippen LogP contribution in [0.1, 0.15) is 18.2 Å². The number of aromatic nitrogens is 4. The predicted octanol–water partition coefficient (Wildman–Crippen LogP) is 4.04. The molecule has 1 aromatic carbocycles. The molecule has 10 heteroatoms. The van der Waals surface area contributed by atoms with Gasteiger partial charge in [0.05, 0.1) is 24.1 Å². The van der Waals surface area contributed by atoms with Gasteiger partial charge in [-0.25, -0.2) is 0 Å². The summed E-state index contributed by atoms with van der Waals surface area (Å²) in [7, 11) is 0. The van der Waals surface area contributed by atoms with E-state index in [0.717, 1.165) is 17.6 Å². The van der Waals surface area contributed by atoms with E-state index in [0.29, 0.717) is 21.4 Å². The van der Waals surface area contributed by atoms with Gasteiger partial charge in [-0.1, -0.05) is 30.8 Å². The Morgan fingerprint density at radius 1 is 1.19 bits per heavy atom. The van der Waals surface area contributed by atoms with E-state index in [2.05, 4.69) is 22.4 Å². The second-order valence-electron chi connectivity index (χ2n) is 7.11. The Morgan fingerprint density at radius 3 is 2.78 bits per heavy atom. The summed E-state index contributed by atoms with van der Waals surface area (Å²) in [5, 5.41) is 13.8. The lowest BCUT2D eigenvalue weighted by Gasteiger charge is -2.08. The third kappa shape index (κ3) is 3.82. The number of nitrogens with one attached hydrogen (secondary N) is 1. The molecule has 4 aromatic heterocycles. The van der Waals surface area contributed by atoms with E-state index in [9.17, 15) is 9.59 Å². The molecule has 1 amide bonds. The van der Waals surface area contributed by atoms with Gasteiger partial charge >= 0.3 is 0 Å². The van der Waals surface area contributed by atoms with E-state index < -0.39 is 0 Å². The minimum Gasteiger partial charge on any atom is -0.467 e. The Morgan fingerprint density at radius 2 is 2.03 bits per heavy atom. The smallest absolute Gasteiger partial charge is 0.273 e. The lowest BCUT2D eigenvalue weighted by Crippen LogP contribution is -2.23. The third-order valence-electron chi connectivity index (χ3n) is 5.05. The summed E-state index contributed by atoms with van der Waals surface area (Å²) in [4.78, 5) is 25.5. The first-order valence-corrected chi connectivity index (χ1v) is 11.9. The van der Waals surface area contributed by atoms with Crippen LogP contribution in [0.25, 0.3) is 16.0 Å². The van der Waals surface area contributed by atoms with Gasteiger partial charge in [0.15, 0.2) is 5.16 Å². The highest BCUT2D eigenvalue weighted by atomic mass is 32.2. The number of thioether (sulfide) groups is 1. The number of aryl methyl sites for hydroxylation is 1. The summed E-state index contributed by atoms with van der Waals surface area (Å²) in [6, 6.07) is 13.3. The fourth-order valence-electron chi connectivity index (χ4n) is 3.45. The van der Waals surface area contributed by atoms with Gasteiger partial charge in [-0.2, -0.15) is 0 Å². The number of carbonyl (C=O) groups is 1. The Balaban J connectivity index is 1.42. The summed E-state index contributed by atoms with van der Waals surface area (Å²) in [5.74, 6) is 1.09. The van der Waals surface area contributed by atoms with Crippen LogP contribution in [0.4, 0.5) is 5.69 Å². The van der Waals surface area contributed by atoms with Crippen molar-refractivity contribution >= 4 is 50.7 Å². The van der Waals surface area contributed by atoms with Crippen LogP contribution in [0.3, 0.4) is 0 Å². The summed E-state index contributed by atoms with van der Waals surface area (Å²) < 4.78 is 9.39. The molecule has 8 nitrogen and oxygen atoms in total. The van der Waals surface area contributed by atoms with Crippen LogP contribution in [0.2, 0.25) is 0 Å². The van der Waals surface area contributed by atoms with Gasteiger partial charge in [-0.15, -0.1) is 21.5 Å². The van der Waals surface area contributed by atoms with Crippen molar-refractivity contribution in [3.63, 3.8) is 0 Å². The van der Waals surface area contributed by atoms with Crippen LogP contribution in [0.15, 0.2) is 68.5 Å². The predicted molar refractivity (Wildman–Crippen MR) is 126 cm³/mol. The number of thiophene rings is 1. The van der Waals surface area contributed by atoms with Crippen molar-refractivity contribution in [3.05, 3.63) is 75.8 Å². The normalized spacial score (nSPS) is 11.4. The first kappa shape index (κ1) is 20.5. The number of carbonyl (C=O) groups excluding carboxylic acids is 1.